The van der Waals surface area contributed by atoms with Crippen molar-refractivity contribution in [2.45, 2.75) is 51.6 Å². The second-order valence-corrected chi connectivity index (χ2v) is 4.83. The first-order chi connectivity index (χ1) is 8.57. The fourth-order valence-corrected chi connectivity index (χ4v) is 2.72. The Bertz CT molecular complexity index is 391. The van der Waals surface area contributed by atoms with Crippen molar-refractivity contribution in [3.05, 3.63) is 12.2 Å². The highest BCUT2D eigenvalue weighted by Crippen LogP contribution is 2.44. The number of nitrogens with one attached hydrogen (secondary N) is 1. The van der Waals surface area contributed by atoms with Gasteiger partial charge in [0, 0.05) is 19.4 Å². The first kappa shape index (κ1) is 13.4. The van der Waals surface area contributed by atoms with Crippen LogP contribution in [0.25, 0.3) is 0 Å². The van der Waals surface area contributed by atoms with Crippen molar-refractivity contribution in [1.29, 1.82) is 0 Å². The fourth-order valence-electron chi connectivity index (χ4n) is 2.72. The minimum absolute atomic E-state index is 0.0141. The van der Waals surface area contributed by atoms with Gasteiger partial charge in [0.2, 0.25) is 5.92 Å². The molecule has 1 aliphatic carbocycles. The number of aromatic nitrogens is 3. The van der Waals surface area contributed by atoms with Gasteiger partial charge in [-0.3, -0.25) is 0 Å². The largest absolute Gasteiger partial charge is 0.307 e. The molecule has 4 nitrogen and oxygen atoms in total. The highest BCUT2D eigenvalue weighted by Gasteiger charge is 2.43. The lowest BCUT2D eigenvalue weighted by molar-refractivity contribution is 0.00306. The zero-order valence-corrected chi connectivity index (χ0v) is 10.9. The van der Waals surface area contributed by atoms with Crippen LogP contribution in [-0.2, 0) is 6.54 Å². The molecule has 1 aliphatic rings. The monoisotopic (exact) mass is 258 g/mol. The van der Waals surface area contributed by atoms with Crippen LogP contribution in [0.3, 0.4) is 0 Å². The van der Waals surface area contributed by atoms with E-state index in [0.29, 0.717) is 13.0 Å². The summed E-state index contributed by atoms with van der Waals surface area (Å²) < 4.78 is 28.5. The Morgan fingerprint density at radius 2 is 2.33 bits per heavy atom. The number of nitrogens with zero attached hydrogens (tertiary/aromatic N) is 3. The molecule has 2 rings (SSSR count). The average Bonchev–Trinajstić information content (AvgIpc) is 2.92. The van der Waals surface area contributed by atoms with Crippen LogP contribution >= 0.6 is 0 Å². The van der Waals surface area contributed by atoms with Crippen molar-refractivity contribution in [2.24, 2.45) is 5.92 Å². The maximum absolute atomic E-state index is 13.3. The van der Waals surface area contributed by atoms with Crippen molar-refractivity contribution in [1.82, 2.24) is 20.1 Å². The van der Waals surface area contributed by atoms with Crippen LogP contribution < -0.4 is 5.32 Å². The smallest absolute Gasteiger partial charge is 0.248 e. The van der Waals surface area contributed by atoms with E-state index in [4.69, 9.17) is 0 Å². The molecule has 1 heterocycles. The third-order valence-electron chi connectivity index (χ3n) is 3.56. The van der Waals surface area contributed by atoms with Crippen molar-refractivity contribution in [3.8, 4) is 0 Å². The van der Waals surface area contributed by atoms with Crippen LogP contribution in [0.2, 0.25) is 0 Å². The van der Waals surface area contributed by atoms with E-state index in [0.717, 1.165) is 12.4 Å². The fraction of sp³-hybridized carbons (Fsp3) is 0.833. The summed E-state index contributed by atoms with van der Waals surface area (Å²) in [4.78, 5) is 4.24. The molecule has 1 fully saturated rings. The quantitative estimate of drug-likeness (QED) is 0.881. The van der Waals surface area contributed by atoms with Gasteiger partial charge >= 0.3 is 0 Å². The average molecular weight is 258 g/mol. The Balaban J connectivity index is 2.18. The van der Waals surface area contributed by atoms with Gasteiger partial charge in [-0.15, -0.1) is 0 Å². The Hall–Kier alpha value is -1.04. The number of aryl methyl sites for hydroxylation is 1. The van der Waals surface area contributed by atoms with E-state index in [-0.39, 0.29) is 24.8 Å². The van der Waals surface area contributed by atoms with Gasteiger partial charge in [0.1, 0.15) is 12.2 Å². The molecule has 18 heavy (non-hydrogen) atoms. The number of rotatable bonds is 5. The summed E-state index contributed by atoms with van der Waals surface area (Å²) in [6.45, 7) is 5.40. The van der Waals surface area contributed by atoms with Crippen molar-refractivity contribution in [2.75, 3.05) is 6.54 Å². The topological polar surface area (TPSA) is 42.7 Å². The summed E-state index contributed by atoms with van der Waals surface area (Å²) in [5.74, 6) is -1.80. The molecule has 6 heteroatoms. The summed E-state index contributed by atoms with van der Waals surface area (Å²) in [5.41, 5.74) is 0. The second-order valence-electron chi connectivity index (χ2n) is 4.83. The molecule has 0 spiro atoms. The van der Waals surface area contributed by atoms with Crippen molar-refractivity contribution in [3.63, 3.8) is 0 Å². The Kier molecular flexibility index (Phi) is 3.94. The van der Waals surface area contributed by atoms with E-state index < -0.39 is 5.92 Å². The highest BCUT2D eigenvalue weighted by molar-refractivity contribution is 5.01. The van der Waals surface area contributed by atoms with Gasteiger partial charge in [0.05, 0.1) is 6.04 Å². The van der Waals surface area contributed by atoms with E-state index in [1.165, 1.54) is 6.33 Å². The minimum atomic E-state index is -2.52. The van der Waals surface area contributed by atoms with Crippen molar-refractivity contribution < 1.29 is 8.78 Å². The van der Waals surface area contributed by atoms with Gasteiger partial charge in [-0.2, -0.15) is 5.10 Å². The molecule has 0 bridgehead atoms. The third-order valence-corrected chi connectivity index (χ3v) is 3.56. The van der Waals surface area contributed by atoms with Crippen LogP contribution in [0.15, 0.2) is 6.33 Å². The molecule has 0 saturated heterocycles. The molecule has 1 N–H and O–H groups in total. The number of hydrogen-bond donors (Lipinski definition) is 1. The van der Waals surface area contributed by atoms with Crippen LogP contribution in [-0.4, -0.2) is 27.2 Å². The second kappa shape index (κ2) is 5.30. The van der Waals surface area contributed by atoms with Crippen molar-refractivity contribution >= 4 is 0 Å². The summed E-state index contributed by atoms with van der Waals surface area (Å²) >= 11 is 0. The van der Waals surface area contributed by atoms with E-state index in [9.17, 15) is 8.78 Å². The zero-order valence-electron chi connectivity index (χ0n) is 10.9. The van der Waals surface area contributed by atoms with E-state index >= 15 is 0 Å². The molecule has 0 aromatic carbocycles. The molecule has 0 aliphatic heterocycles. The molecule has 1 saturated carbocycles. The van der Waals surface area contributed by atoms with Gasteiger partial charge in [0.15, 0.2) is 0 Å². The molecule has 0 radical (unpaired) electrons. The number of halogens is 2. The first-order valence-electron chi connectivity index (χ1n) is 6.56. The standard InChI is InChI=1S/C12H20F2N4/c1-3-15-10(9-5-6-12(13,14)7-9)11-16-8-17-18(11)4-2/h8-10,15H,3-7H2,1-2H3. The lowest BCUT2D eigenvalue weighted by atomic mass is 9.97. The molecular weight excluding hydrogens is 238 g/mol. The van der Waals surface area contributed by atoms with Crippen LogP contribution in [0.4, 0.5) is 8.78 Å². The Morgan fingerprint density at radius 3 is 2.89 bits per heavy atom. The molecule has 2 atom stereocenters. The van der Waals surface area contributed by atoms with Crippen LogP contribution in [0, 0.1) is 5.92 Å². The van der Waals surface area contributed by atoms with Gasteiger partial charge in [-0.25, -0.2) is 18.4 Å². The Labute approximate surface area is 106 Å². The normalized spacial score (nSPS) is 24.3. The zero-order chi connectivity index (χ0) is 13.2. The van der Waals surface area contributed by atoms with E-state index in [1.54, 1.807) is 4.68 Å². The predicted molar refractivity (Wildman–Crippen MR) is 64.4 cm³/mol. The molecule has 2 unspecified atom stereocenters. The molecule has 1 aromatic heterocycles. The third kappa shape index (κ3) is 2.68. The van der Waals surface area contributed by atoms with Gasteiger partial charge in [-0.1, -0.05) is 6.92 Å². The summed E-state index contributed by atoms with van der Waals surface area (Å²) in [7, 11) is 0. The Morgan fingerprint density at radius 1 is 1.56 bits per heavy atom. The highest BCUT2D eigenvalue weighted by atomic mass is 19.3. The summed E-state index contributed by atoms with van der Waals surface area (Å²) in [5, 5.41) is 7.41. The SMILES string of the molecule is CCNC(c1ncnn1CC)C1CCC(F)(F)C1. The maximum atomic E-state index is 13.3. The molecule has 1 aromatic rings. The predicted octanol–water partition coefficient (Wildman–Crippen LogP) is 2.38. The van der Waals surface area contributed by atoms with Crippen LogP contribution in [0.5, 0.6) is 0 Å². The molecule has 102 valence electrons. The maximum Gasteiger partial charge on any atom is 0.248 e. The van der Waals surface area contributed by atoms with E-state index in [2.05, 4.69) is 15.4 Å². The lowest BCUT2D eigenvalue weighted by Gasteiger charge is -2.23. The van der Waals surface area contributed by atoms with Crippen LogP contribution in [0.1, 0.15) is 45.0 Å². The summed E-state index contributed by atoms with van der Waals surface area (Å²) in [6, 6.07) is -0.120. The first-order valence-corrected chi connectivity index (χ1v) is 6.56. The molecular formula is C12H20F2N4. The van der Waals surface area contributed by atoms with Gasteiger partial charge < -0.3 is 5.32 Å². The summed E-state index contributed by atoms with van der Waals surface area (Å²) in [6.07, 6.45) is 1.97. The molecule has 0 amide bonds. The van der Waals surface area contributed by atoms with E-state index in [1.807, 2.05) is 13.8 Å². The van der Waals surface area contributed by atoms with Gasteiger partial charge in [-0.05, 0) is 25.8 Å². The number of alkyl halides is 2. The minimum Gasteiger partial charge on any atom is -0.307 e. The number of hydrogen-bond acceptors (Lipinski definition) is 3. The lowest BCUT2D eigenvalue weighted by Crippen LogP contribution is -2.30. The van der Waals surface area contributed by atoms with Gasteiger partial charge in [0.25, 0.3) is 0 Å².